The predicted octanol–water partition coefficient (Wildman–Crippen LogP) is 3.75. The second-order valence-electron chi connectivity index (χ2n) is 5.05. The average molecular weight is 278 g/mol. The van der Waals surface area contributed by atoms with Crippen LogP contribution in [-0.2, 0) is 0 Å². The fourth-order valence-electron chi connectivity index (χ4n) is 2.47. The first-order valence-electron chi connectivity index (χ1n) is 7.03. The van der Waals surface area contributed by atoms with Crippen molar-refractivity contribution in [3.63, 3.8) is 0 Å². The Morgan fingerprint density at radius 1 is 1.05 bits per heavy atom. The molecule has 1 aromatic carbocycles. The van der Waals surface area contributed by atoms with Gasteiger partial charge in [-0.25, -0.2) is 9.67 Å². The molecule has 3 rings (SSSR count). The molecule has 0 bridgehead atoms. The van der Waals surface area contributed by atoms with Gasteiger partial charge in [-0.1, -0.05) is 24.3 Å². The van der Waals surface area contributed by atoms with Crippen LogP contribution in [0.5, 0.6) is 0 Å². The largest absolute Gasteiger partial charge is 0.375 e. The van der Waals surface area contributed by atoms with Crippen molar-refractivity contribution >= 4 is 5.69 Å². The molecule has 2 heterocycles. The Balaban J connectivity index is 1.91. The van der Waals surface area contributed by atoms with Gasteiger partial charge in [-0.2, -0.15) is 5.10 Å². The quantitative estimate of drug-likeness (QED) is 0.790. The molecule has 4 heteroatoms. The smallest absolute Gasteiger partial charge is 0.176 e. The molecule has 21 heavy (non-hydrogen) atoms. The standard InChI is InChI=1S/C17H18N4/c1-13-7-3-4-8-15(13)14(2)20-16-9-5-10-18-17(16)21-12-6-11-19-21/h3-12,14,20H,1-2H3. The Labute approximate surface area is 124 Å². The van der Waals surface area contributed by atoms with Gasteiger partial charge in [0.25, 0.3) is 0 Å². The van der Waals surface area contributed by atoms with Crippen molar-refractivity contribution in [2.75, 3.05) is 5.32 Å². The van der Waals surface area contributed by atoms with Crippen molar-refractivity contribution < 1.29 is 0 Å². The highest BCUT2D eigenvalue weighted by atomic mass is 15.3. The Morgan fingerprint density at radius 2 is 1.90 bits per heavy atom. The summed E-state index contributed by atoms with van der Waals surface area (Å²) in [6.45, 7) is 4.29. The van der Waals surface area contributed by atoms with Gasteiger partial charge in [-0.05, 0) is 43.2 Å². The van der Waals surface area contributed by atoms with E-state index >= 15 is 0 Å². The van der Waals surface area contributed by atoms with Gasteiger partial charge in [-0.3, -0.25) is 0 Å². The number of rotatable bonds is 4. The lowest BCUT2D eigenvalue weighted by Crippen LogP contribution is -2.11. The highest BCUT2D eigenvalue weighted by molar-refractivity contribution is 5.57. The minimum Gasteiger partial charge on any atom is -0.375 e. The van der Waals surface area contributed by atoms with Crippen molar-refractivity contribution in [2.24, 2.45) is 0 Å². The molecule has 106 valence electrons. The molecule has 0 aliphatic rings. The maximum Gasteiger partial charge on any atom is 0.176 e. The monoisotopic (exact) mass is 278 g/mol. The maximum absolute atomic E-state index is 4.43. The maximum atomic E-state index is 4.43. The van der Waals surface area contributed by atoms with Crippen molar-refractivity contribution in [1.82, 2.24) is 14.8 Å². The molecule has 0 radical (unpaired) electrons. The highest BCUT2D eigenvalue weighted by Gasteiger charge is 2.11. The van der Waals surface area contributed by atoms with E-state index in [4.69, 9.17) is 0 Å². The molecule has 0 saturated carbocycles. The summed E-state index contributed by atoms with van der Waals surface area (Å²) in [5, 5.41) is 7.79. The third kappa shape index (κ3) is 2.79. The molecule has 0 aliphatic carbocycles. The molecule has 0 amide bonds. The summed E-state index contributed by atoms with van der Waals surface area (Å²) in [5.74, 6) is 0.808. The fourth-order valence-corrected chi connectivity index (χ4v) is 2.47. The summed E-state index contributed by atoms with van der Waals surface area (Å²) in [6.07, 6.45) is 5.43. The van der Waals surface area contributed by atoms with E-state index in [0.29, 0.717) is 0 Å². The number of hydrogen-bond donors (Lipinski definition) is 1. The van der Waals surface area contributed by atoms with Crippen LogP contribution in [0, 0.1) is 6.92 Å². The van der Waals surface area contributed by atoms with E-state index in [1.165, 1.54) is 11.1 Å². The van der Waals surface area contributed by atoms with Crippen LogP contribution >= 0.6 is 0 Å². The van der Waals surface area contributed by atoms with E-state index in [9.17, 15) is 0 Å². The SMILES string of the molecule is Cc1ccccc1C(C)Nc1cccnc1-n1cccn1. The van der Waals surface area contributed by atoms with Crippen LogP contribution in [0.4, 0.5) is 5.69 Å². The van der Waals surface area contributed by atoms with Gasteiger partial charge in [-0.15, -0.1) is 0 Å². The molecular weight excluding hydrogens is 260 g/mol. The van der Waals surface area contributed by atoms with Gasteiger partial charge in [0.2, 0.25) is 0 Å². The lowest BCUT2D eigenvalue weighted by Gasteiger charge is -2.19. The van der Waals surface area contributed by atoms with E-state index in [1.807, 2.05) is 24.4 Å². The zero-order chi connectivity index (χ0) is 14.7. The molecule has 0 fully saturated rings. The summed E-state index contributed by atoms with van der Waals surface area (Å²) >= 11 is 0. The van der Waals surface area contributed by atoms with E-state index in [-0.39, 0.29) is 6.04 Å². The van der Waals surface area contributed by atoms with Crippen molar-refractivity contribution in [2.45, 2.75) is 19.9 Å². The minimum atomic E-state index is 0.199. The Morgan fingerprint density at radius 3 is 2.67 bits per heavy atom. The Hall–Kier alpha value is -2.62. The number of aromatic nitrogens is 3. The molecule has 0 aliphatic heterocycles. The number of nitrogens with zero attached hydrogens (tertiary/aromatic N) is 3. The number of hydrogen-bond acceptors (Lipinski definition) is 3. The topological polar surface area (TPSA) is 42.7 Å². The number of nitrogens with one attached hydrogen (secondary N) is 1. The van der Waals surface area contributed by atoms with Crippen LogP contribution in [0.25, 0.3) is 5.82 Å². The fraction of sp³-hybridized carbons (Fsp3) is 0.176. The summed E-state index contributed by atoms with van der Waals surface area (Å²) in [4.78, 5) is 4.43. The minimum absolute atomic E-state index is 0.199. The van der Waals surface area contributed by atoms with E-state index < -0.39 is 0 Å². The van der Waals surface area contributed by atoms with E-state index in [2.05, 4.69) is 53.5 Å². The van der Waals surface area contributed by atoms with Gasteiger partial charge < -0.3 is 5.32 Å². The third-order valence-corrected chi connectivity index (χ3v) is 3.54. The summed E-state index contributed by atoms with van der Waals surface area (Å²) < 4.78 is 1.77. The summed E-state index contributed by atoms with van der Waals surface area (Å²) in [5.41, 5.74) is 3.53. The van der Waals surface area contributed by atoms with Gasteiger partial charge in [0, 0.05) is 24.6 Å². The molecule has 3 aromatic rings. The number of pyridine rings is 1. The molecular formula is C17H18N4. The van der Waals surface area contributed by atoms with Gasteiger partial charge in [0.15, 0.2) is 5.82 Å². The molecule has 4 nitrogen and oxygen atoms in total. The molecule has 0 spiro atoms. The first-order chi connectivity index (χ1) is 10.3. The summed E-state index contributed by atoms with van der Waals surface area (Å²) in [6, 6.07) is 14.5. The van der Waals surface area contributed by atoms with Gasteiger partial charge in [0.1, 0.15) is 0 Å². The van der Waals surface area contributed by atoms with Gasteiger partial charge in [0.05, 0.1) is 5.69 Å². The second-order valence-corrected chi connectivity index (χ2v) is 5.05. The normalized spacial score (nSPS) is 12.1. The lowest BCUT2D eigenvalue weighted by molar-refractivity contribution is 0.827. The zero-order valence-electron chi connectivity index (χ0n) is 12.2. The molecule has 1 unspecified atom stereocenters. The molecule has 2 aromatic heterocycles. The third-order valence-electron chi connectivity index (χ3n) is 3.54. The van der Waals surface area contributed by atoms with Crippen LogP contribution in [0.1, 0.15) is 24.1 Å². The zero-order valence-corrected chi connectivity index (χ0v) is 12.2. The first-order valence-corrected chi connectivity index (χ1v) is 7.03. The van der Waals surface area contributed by atoms with Crippen LogP contribution < -0.4 is 5.32 Å². The number of aryl methyl sites for hydroxylation is 1. The van der Waals surface area contributed by atoms with Crippen LogP contribution in [0.15, 0.2) is 61.1 Å². The van der Waals surface area contributed by atoms with E-state index in [1.54, 1.807) is 17.1 Å². The van der Waals surface area contributed by atoms with Crippen molar-refractivity contribution in [1.29, 1.82) is 0 Å². The molecule has 0 saturated heterocycles. The first kappa shape index (κ1) is 13.4. The number of anilines is 1. The highest BCUT2D eigenvalue weighted by Crippen LogP contribution is 2.24. The average Bonchev–Trinajstić information content (AvgIpc) is 3.02. The van der Waals surface area contributed by atoms with E-state index in [0.717, 1.165) is 11.5 Å². The van der Waals surface area contributed by atoms with Crippen LogP contribution in [0.3, 0.4) is 0 Å². The number of benzene rings is 1. The Kier molecular flexibility index (Phi) is 3.69. The molecule has 1 N–H and O–H groups in total. The molecule has 1 atom stereocenters. The predicted molar refractivity (Wildman–Crippen MR) is 84.6 cm³/mol. The van der Waals surface area contributed by atoms with Crippen LogP contribution in [-0.4, -0.2) is 14.8 Å². The lowest BCUT2D eigenvalue weighted by atomic mass is 10.0. The van der Waals surface area contributed by atoms with Gasteiger partial charge >= 0.3 is 0 Å². The Bertz CT molecular complexity index is 719. The van der Waals surface area contributed by atoms with Crippen LogP contribution in [0.2, 0.25) is 0 Å². The summed E-state index contributed by atoms with van der Waals surface area (Å²) in [7, 11) is 0. The van der Waals surface area contributed by atoms with Crippen molar-refractivity contribution in [3.05, 3.63) is 72.2 Å². The second kappa shape index (κ2) is 5.79. The van der Waals surface area contributed by atoms with Crippen molar-refractivity contribution in [3.8, 4) is 5.82 Å².